The van der Waals surface area contributed by atoms with Crippen molar-refractivity contribution in [1.29, 1.82) is 0 Å². The van der Waals surface area contributed by atoms with Crippen LogP contribution in [-0.4, -0.2) is 4.98 Å². The summed E-state index contributed by atoms with van der Waals surface area (Å²) in [6.45, 7) is 2.05. The standard InChI is InChI=1S/C12H11NO/c1-2-3-4-5-10-6-7-11-12(8-10)14-9-13-11/h6-9H,2,5H2,1H3. The second kappa shape index (κ2) is 3.97. The number of nitrogens with zero attached hydrogens (tertiary/aromatic N) is 1. The molecule has 1 aromatic heterocycles. The molecule has 0 unspecified atom stereocenters. The van der Waals surface area contributed by atoms with Crippen molar-refractivity contribution in [3.8, 4) is 11.8 Å². The Labute approximate surface area is 83.0 Å². The second-order valence-electron chi connectivity index (χ2n) is 3.04. The lowest BCUT2D eigenvalue weighted by molar-refractivity contribution is 0.602. The molecule has 14 heavy (non-hydrogen) atoms. The Morgan fingerprint density at radius 1 is 1.36 bits per heavy atom. The molecule has 1 heterocycles. The number of hydrogen-bond acceptors (Lipinski definition) is 2. The number of aromatic nitrogens is 1. The normalized spacial score (nSPS) is 9.79. The topological polar surface area (TPSA) is 26.0 Å². The highest BCUT2D eigenvalue weighted by molar-refractivity contribution is 5.72. The largest absolute Gasteiger partial charge is 0.443 e. The molecule has 0 N–H and O–H groups in total. The molecule has 1 aromatic carbocycles. The number of hydrogen-bond donors (Lipinski definition) is 0. The van der Waals surface area contributed by atoms with Crippen LogP contribution in [0.3, 0.4) is 0 Å². The molecule has 0 bridgehead atoms. The molecule has 2 nitrogen and oxygen atoms in total. The van der Waals surface area contributed by atoms with E-state index in [4.69, 9.17) is 4.42 Å². The first kappa shape index (κ1) is 8.83. The molecule has 0 atom stereocenters. The van der Waals surface area contributed by atoms with E-state index in [1.807, 2.05) is 25.1 Å². The fraction of sp³-hybridized carbons (Fsp3) is 0.250. The third kappa shape index (κ3) is 1.77. The summed E-state index contributed by atoms with van der Waals surface area (Å²) < 4.78 is 5.21. The molecule has 2 heteroatoms. The van der Waals surface area contributed by atoms with Gasteiger partial charge in [-0.05, 0) is 17.7 Å². The van der Waals surface area contributed by atoms with Crippen LogP contribution >= 0.6 is 0 Å². The molecular formula is C12H11NO. The van der Waals surface area contributed by atoms with Crippen LogP contribution in [0.4, 0.5) is 0 Å². The van der Waals surface area contributed by atoms with Gasteiger partial charge in [0.1, 0.15) is 5.52 Å². The van der Waals surface area contributed by atoms with Crippen molar-refractivity contribution in [1.82, 2.24) is 4.98 Å². The van der Waals surface area contributed by atoms with Gasteiger partial charge in [-0.1, -0.05) is 18.9 Å². The monoisotopic (exact) mass is 185 g/mol. The van der Waals surface area contributed by atoms with Gasteiger partial charge in [-0.3, -0.25) is 0 Å². The Morgan fingerprint density at radius 3 is 3.14 bits per heavy atom. The molecule has 0 spiro atoms. The average molecular weight is 185 g/mol. The first-order valence-electron chi connectivity index (χ1n) is 4.68. The molecule has 0 fully saturated rings. The quantitative estimate of drug-likeness (QED) is 0.638. The molecule has 0 aliphatic heterocycles. The highest BCUT2D eigenvalue weighted by Crippen LogP contribution is 2.14. The van der Waals surface area contributed by atoms with Gasteiger partial charge in [-0.25, -0.2) is 4.98 Å². The molecule has 0 aliphatic rings. The zero-order valence-corrected chi connectivity index (χ0v) is 8.08. The van der Waals surface area contributed by atoms with E-state index in [0.29, 0.717) is 0 Å². The van der Waals surface area contributed by atoms with Crippen molar-refractivity contribution in [2.24, 2.45) is 0 Å². The zero-order valence-electron chi connectivity index (χ0n) is 8.08. The maximum absolute atomic E-state index is 5.21. The molecule has 0 amide bonds. The van der Waals surface area contributed by atoms with Crippen LogP contribution < -0.4 is 0 Å². The lowest BCUT2D eigenvalue weighted by Crippen LogP contribution is -1.80. The van der Waals surface area contributed by atoms with E-state index in [2.05, 4.69) is 16.8 Å². The van der Waals surface area contributed by atoms with E-state index < -0.39 is 0 Å². The molecule has 0 aliphatic carbocycles. The number of rotatable bonds is 1. The minimum Gasteiger partial charge on any atom is -0.443 e. The van der Waals surface area contributed by atoms with E-state index in [1.54, 1.807) is 0 Å². The molecule has 2 aromatic rings. The lowest BCUT2D eigenvalue weighted by atomic mass is 10.1. The summed E-state index contributed by atoms with van der Waals surface area (Å²) in [5, 5.41) is 0. The average Bonchev–Trinajstić information content (AvgIpc) is 2.65. The highest BCUT2D eigenvalue weighted by atomic mass is 16.3. The lowest BCUT2D eigenvalue weighted by Gasteiger charge is -1.93. The minimum atomic E-state index is 0.782. The van der Waals surface area contributed by atoms with Gasteiger partial charge in [-0.2, -0.15) is 0 Å². The van der Waals surface area contributed by atoms with Crippen molar-refractivity contribution < 1.29 is 4.42 Å². The summed E-state index contributed by atoms with van der Waals surface area (Å²) in [7, 11) is 0. The van der Waals surface area contributed by atoms with E-state index in [1.165, 1.54) is 12.0 Å². The maximum Gasteiger partial charge on any atom is 0.181 e. The Balaban J connectivity index is 2.25. The van der Waals surface area contributed by atoms with Crippen molar-refractivity contribution in [3.05, 3.63) is 30.2 Å². The molecular weight excluding hydrogens is 174 g/mol. The Hall–Kier alpha value is -1.75. The van der Waals surface area contributed by atoms with Gasteiger partial charge in [0.2, 0.25) is 0 Å². The summed E-state index contributed by atoms with van der Waals surface area (Å²) in [6.07, 6.45) is 3.15. The van der Waals surface area contributed by atoms with Crippen molar-refractivity contribution in [3.63, 3.8) is 0 Å². The SMILES string of the molecule is CCC#CCc1ccc2ncoc2c1. The van der Waals surface area contributed by atoms with Crippen LogP contribution in [0.2, 0.25) is 0 Å². The smallest absolute Gasteiger partial charge is 0.181 e. The fourth-order valence-electron chi connectivity index (χ4n) is 1.30. The van der Waals surface area contributed by atoms with Crippen LogP contribution in [0, 0.1) is 11.8 Å². The van der Waals surface area contributed by atoms with Crippen LogP contribution in [-0.2, 0) is 6.42 Å². The predicted octanol–water partition coefficient (Wildman–Crippen LogP) is 2.78. The van der Waals surface area contributed by atoms with Gasteiger partial charge < -0.3 is 4.42 Å². The Bertz CT molecular complexity index is 487. The summed E-state index contributed by atoms with van der Waals surface area (Å²) in [4.78, 5) is 4.05. The van der Waals surface area contributed by atoms with Gasteiger partial charge in [0.05, 0.1) is 0 Å². The number of benzene rings is 1. The summed E-state index contributed by atoms with van der Waals surface area (Å²) in [5.74, 6) is 6.14. The summed E-state index contributed by atoms with van der Waals surface area (Å²) in [6, 6.07) is 5.99. The predicted molar refractivity (Wildman–Crippen MR) is 55.8 cm³/mol. The second-order valence-corrected chi connectivity index (χ2v) is 3.04. The zero-order chi connectivity index (χ0) is 9.80. The van der Waals surface area contributed by atoms with Gasteiger partial charge in [0.15, 0.2) is 12.0 Å². The van der Waals surface area contributed by atoms with E-state index in [-0.39, 0.29) is 0 Å². The summed E-state index contributed by atoms with van der Waals surface area (Å²) in [5.41, 5.74) is 2.91. The third-order valence-electron chi connectivity index (χ3n) is 1.99. The molecule has 0 radical (unpaired) electrons. The highest BCUT2D eigenvalue weighted by Gasteiger charge is 1.98. The Kier molecular flexibility index (Phi) is 2.51. The van der Waals surface area contributed by atoms with Gasteiger partial charge in [0, 0.05) is 12.8 Å². The first-order valence-corrected chi connectivity index (χ1v) is 4.68. The van der Waals surface area contributed by atoms with Gasteiger partial charge >= 0.3 is 0 Å². The fourth-order valence-corrected chi connectivity index (χ4v) is 1.30. The van der Waals surface area contributed by atoms with E-state index >= 15 is 0 Å². The van der Waals surface area contributed by atoms with E-state index in [9.17, 15) is 0 Å². The van der Waals surface area contributed by atoms with Crippen molar-refractivity contribution in [2.75, 3.05) is 0 Å². The summed E-state index contributed by atoms with van der Waals surface area (Å²) >= 11 is 0. The van der Waals surface area contributed by atoms with Gasteiger partial charge in [-0.15, -0.1) is 5.92 Å². The van der Waals surface area contributed by atoms with E-state index in [0.717, 1.165) is 23.9 Å². The molecule has 0 saturated heterocycles. The van der Waals surface area contributed by atoms with Gasteiger partial charge in [0.25, 0.3) is 0 Å². The Morgan fingerprint density at radius 2 is 2.29 bits per heavy atom. The molecule has 70 valence electrons. The maximum atomic E-state index is 5.21. The van der Waals surface area contributed by atoms with Crippen LogP contribution in [0.25, 0.3) is 11.1 Å². The molecule has 0 saturated carbocycles. The van der Waals surface area contributed by atoms with Crippen molar-refractivity contribution >= 4 is 11.1 Å². The molecule has 2 rings (SSSR count). The third-order valence-corrected chi connectivity index (χ3v) is 1.99. The van der Waals surface area contributed by atoms with Crippen molar-refractivity contribution in [2.45, 2.75) is 19.8 Å². The number of fused-ring (bicyclic) bond motifs is 1. The van der Waals surface area contributed by atoms with Crippen LogP contribution in [0.1, 0.15) is 18.9 Å². The van der Waals surface area contributed by atoms with Crippen LogP contribution in [0.15, 0.2) is 29.0 Å². The number of oxazole rings is 1. The first-order chi connectivity index (χ1) is 6.90. The minimum absolute atomic E-state index is 0.782. The van der Waals surface area contributed by atoms with Crippen LogP contribution in [0.5, 0.6) is 0 Å².